The molecule has 102 valence electrons. The summed E-state index contributed by atoms with van der Waals surface area (Å²) in [6.07, 6.45) is 0.712. The summed E-state index contributed by atoms with van der Waals surface area (Å²) in [5.74, 6) is 0.576. The molecule has 1 heterocycles. The van der Waals surface area contributed by atoms with Crippen molar-refractivity contribution in [2.24, 2.45) is 5.92 Å². The molecule has 1 rings (SSSR count). The Balaban J connectivity index is 2.28. The molecule has 17 heavy (non-hydrogen) atoms. The molecule has 0 bridgehead atoms. The van der Waals surface area contributed by atoms with Crippen LogP contribution in [0.3, 0.4) is 0 Å². The highest BCUT2D eigenvalue weighted by Gasteiger charge is 2.23. The zero-order valence-electron chi connectivity index (χ0n) is 12.3. The van der Waals surface area contributed by atoms with E-state index in [1.807, 2.05) is 0 Å². The lowest BCUT2D eigenvalue weighted by Crippen LogP contribution is -2.47. The molecule has 0 N–H and O–H groups in total. The quantitative estimate of drug-likeness (QED) is 0.757. The molecule has 0 aromatic rings. The first-order valence-electron chi connectivity index (χ1n) is 6.78. The van der Waals surface area contributed by atoms with Crippen molar-refractivity contribution in [2.75, 3.05) is 26.2 Å². The van der Waals surface area contributed by atoms with Crippen molar-refractivity contribution in [3.8, 4) is 0 Å². The van der Waals surface area contributed by atoms with Gasteiger partial charge in [0.2, 0.25) is 0 Å². The molecule has 1 aliphatic heterocycles. The molecule has 1 aliphatic rings. The molecule has 0 aromatic carbocycles. The van der Waals surface area contributed by atoms with Crippen molar-refractivity contribution < 1.29 is 9.47 Å². The third-order valence-electron chi connectivity index (χ3n) is 2.87. The van der Waals surface area contributed by atoms with E-state index in [-0.39, 0.29) is 5.60 Å². The number of rotatable bonds is 4. The lowest BCUT2D eigenvalue weighted by molar-refractivity contribution is -0.0785. The Morgan fingerprint density at radius 2 is 1.76 bits per heavy atom. The van der Waals surface area contributed by atoms with Crippen LogP contribution in [0.2, 0.25) is 0 Å². The maximum absolute atomic E-state index is 5.83. The Morgan fingerprint density at radius 1 is 1.24 bits per heavy atom. The summed E-state index contributed by atoms with van der Waals surface area (Å²) in [7, 11) is 0. The van der Waals surface area contributed by atoms with Gasteiger partial charge in [-0.1, -0.05) is 6.92 Å². The Bertz CT molecular complexity index is 215. The van der Waals surface area contributed by atoms with Gasteiger partial charge in [0.1, 0.15) is 0 Å². The summed E-state index contributed by atoms with van der Waals surface area (Å²) >= 11 is 0. The van der Waals surface area contributed by atoms with E-state index < -0.39 is 0 Å². The average Bonchev–Trinajstić information content (AvgIpc) is 2.11. The second kappa shape index (κ2) is 6.17. The fraction of sp³-hybridized carbons (Fsp3) is 1.00. The second-order valence-electron chi connectivity index (χ2n) is 6.50. The Kier molecular flexibility index (Phi) is 5.42. The van der Waals surface area contributed by atoms with E-state index in [9.17, 15) is 0 Å². The summed E-state index contributed by atoms with van der Waals surface area (Å²) in [4.78, 5) is 2.50. The molecule has 3 nitrogen and oxygen atoms in total. The third kappa shape index (κ3) is 6.39. The SMILES string of the molecule is C[C@@H](COC(C)(C)C)CN1C[C@@H](C)O[C@H](C)C1. The predicted octanol–water partition coefficient (Wildman–Crippen LogP) is 2.55. The van der Waals surface area contributed by atoms with Gasteiger partial charge < -0.3 is 9.47 Å². The molecule has 0 spiro atoms. The van der Waals surface area contributed by atoms with E-state index in [0.29, 0.717) is 18.1 Å². The molecule has 0 aliphatic carbocycles. The third-order valence-corrected chi connectivity index (χ3v) is 2.87. The number of morpholine rings is 1. The van der Waals surface area contributed by atoms with Crippen LogP contribution in [0.5, 0.6) is 0 Å². The van der Waals surface area contributed by atoms with Gasteiger partial charge >= 0.3 is 0 Å². The molecule has 0 radical (unpaired) electrons. The standard InChI is InChI=1S/C14H29NO2/c1-11(10-16-14(4,5)6)7-15-8-12(2)17-13(3)9-15/h11-13H,7-10H2,1-6H3/t11-,12-,13-/m1/s1. The Morgan fingerprint density at radius 3 is 2.24 bits per heavy atom. The summed E-state index contributed by atoms with van der Waals surface area (Å²) < 4.78 is 11.6. The van der Waals surface area contributed by atoms with Gasteiger partial charge in [0.15, 0.2) is 0 Å². The van der Waals surface area contributed by atoms with E-state index in [2.05, 4.69) is 46.4 Å². The van der Waals surface area contributed by atoms with E-state index in [0.717, 1.165) is 26.2 Å². The molecule has 0 amide bonds. The van der Waals surface area contributed by atoms with Gasteiger partial charge in [0, 0.05) is 19.6 Å². The van der Waals surface area contributed by atoms with Gasteiger partial charge in [0.25, 0.3) is 0 Å². The van der Waals surface area contributed by atoms with Crippen LogP contribution in [0.4, 0.5) is 0 Å². The minimum Gasteiger partial charge on any atom is -0.376 e. The van der Waals surface area contributed by atoms with Crippen molar-refractivity contribution in [3.05, 3.63) is 0 Å². The normalized spacial score (nSPS) is 29.3. The van der Waals surface area contributed by atoms with E-state index in [1.54, 1.807) is 0 Å². The minimum atomic E-state index is -0.0279. The van der Waals surface area contributed by atoms with Crippen LogP contribution < -0.4 is 0 Å². The van der Waals surface area contributed by atoms with E-state index in [1.165, 1.54) is 0 Å². The van der Waals surface area contributed by atoms with Crippen LogP contribution >= 0.6 is 0 Å². The largest absolute Gasteiger partial charge is 0.376 e. The van der Waals surface area contributed by atoms with Crippen LogP contribution in [0.1, 0.15) is 41.5 Å². The van der Waals surface area contributed by atoms with Crippen molar-refractivity contribution in [1.82, 2.24) is 4.90 Å². The first kappa shape index (κ1) is 14.9. The Labute approximate surface area is 106 Å². The number of nitrogens with zero attached hydrogens (tertiary/aromatic N) is 1. The molecule has 0 saturated carbocycles. The molecule has 3 atom stereocenters. The van der Waals surface area contributed by atoms with Crippen molar-refractivity contribution in [3.63, 3.8) is 0 Å². The summed E-state index contributed by atoms with van der Waals surface area (Å²) in [6.45, 7) is 16.9. The second-order valence-corrected chi connectivity index (χ2v) is 6.50. The van der Waals surface area contributed by atoms with Crippen LogP contribution in [-0.4, -0.2) is 49.0 Å². The van der Waals surface area contributed by atoms with Gasteiger partial charge in [0.05, 0.1) is 24.4 Å². The van der Waals surface area contributed by atoms with Gasteiger partial charge in [-0.15, -0.1) is 0 Å². The summed E-state index contributed by atoms with van der Waals surface area (Å²) in [5, 5.41) is 0. The van der Waals surface area contributed by atoms with Crippen molar-refractivity contribution in [2.45, 2.75) is 59.4 Å². The number of hydrogen-bond acceptors (Lipinski definition) is 3. The monoisotopic (exact) mass is 243 g/mol. The van der Waals surface area contributed by atoms with Crippen molar-refractivity contribution >= 4 is 0 Å². The minimum absolute atomic E-state index is 0.0279. The van der Waals surface area contributed by atoms with E-state index in [4.69, 9.17) is 9.47 Å². The molecular formula is C14H29NO2. The highest BCUT2D eigenvalue weighted by Crippen LogP contribution is 2.14. The lowest BCUT2D eigenvalue weighted by atomic mass is 10.1. The fourth-order valence-electron chi connectivity index (χ4n) is 2.32. The predicted molar refractivity (Wildman–Crippen MR) is 71.3 cm³/mol. The van der Waals surface area contributed by atoms with Gasteiger partial charge in [-0.25, -0.2) is 0 Å². The Hall–Kier alpha value is -0.120. The zero-order valence-corrected chi connectivity index (χ0v) is 12.3. The molecule has 3 heteroatoms. The first-order chi connectivity index (χ1) is 7.76. The maximum Gasteiger partial charge on any atom is 0.0678 e. The van der Waals surface area contributed by atoms with Gasteiger partial charge in [-0.3, -0.25) is 4.90 Å². The average molecular weight is 243 g/mol. The topological polar surface area (TPSA) is 21.7 Å². The van der Waals surface area contributed by atoms with Crippen molar-refractivity contribution in [1.29, 1.82) is 0 Å². The molecule has 1 saturated heterocycles. The van der Waals surface area contributed by atoms with E-state index >= 15 is 0 Å². The highest BCUT2D eigenvalue weighted by molar-refractivity contribution is 4.74. The molecule has 0 unspecified atom stereocenters. The van der Waals surface area contributed by atoms with Crippen LogP contribution in [-0.2, 0) is 9.47 Å². The smallest absolute Gasteiger partial charge is 0.0678 e. The number of ether oxygens (including phenoxy) is 2. The highest BCUT2D eigenvalue weighted by atomic mass is 16.5. The summed E-state index contributed by atoms with van der Waals surface area (Å²) in [5.41, 5.74) is -0.0279. The van der Waals surface area contributed by atoms with Gasteiger partial charge in [-0.2, -0.15) is 0 Å². The number of hydrogen-bond donors (Lipinski definition) is 0. The molecular weight excluding hydrogens is 214 g/mol. The van der Waals surface area contributed by atoms with Crippen LogP contribution in [0, 0.1) is 5.92 Å². The fourth-order valence-corrected chi connectivity index (χ4v) is 2.32. The molecule has 1 fully saturated rings. The molecule has 0 aromatic heterocycles. The maximum atomic E-state index is 5.83. The van der Waals surface area contributed by atoms with Crippen LogP contribution in [0.15, 0.2) is 0 Å². The first-order valence-corrected chi connectivity index (χ1v) is 6.78. The van der Waals surface area contributed by atoms with Crippen LogP contribution in [0.25, 0.3) is 0 Å². The van der Waals surface area contributed by atoms with Gasteiger partial charge in [-0.05, 0) is 40.5 Å². The zero-order chi connectivity index (χ0) is 13.1. The lowest BCUT2D eigenvalue weighted by Gasteiger charge is -2.37. The summed E-state index contributed by atoms with van der Waals surface area (Å²) in [6, 6.07) is 0.